The quantitative estimate of drug-likeness (QED) is 0.759. The zero-order valence-electron chi connectivity index (χ0n) is 9.73. The van der Waals surface area contributed by atoms with E-state index in [1.54, 1.807) is 6.92 Å². The van der Waals surface area contributed by atoms with E-state index < -0.39 is 0 Å². The van der Waals surface area contributed by atoms with Gasteiger partial charge in [0, 0.05) is 5.92 Å². The van der Waals surface area contributed by atoms with Gasteiger partial charge in [0.05, 0.1) is 0 Å². The summed E-state index contributed by atoms with van der Waals surface area (Å²) in [6.45, 7) is 3.64. The smallest absolute Gasteiger partial charge is 0.132 e. The summed E-state index contributed by atoms with van der Waals surface area (Å²) in [4.78, 5) is 11.2. The molecule has 16 heavy (non-hydrogen) atoms. The standard InChI is InChI=1S/C15H16O/c1-11(12(2)16)9-13-7-8-14-5-3-4-6-15(14)10-13/h3-8,10-11H,9H2,1-2H3/t11-/m1/s1. The Balaban J connectivity index is 2.29. The van der Waals surface area contributed by atoms with Gasteiger partial charge in [-0.3, -0.25) is 4.79 Å². The molecule has 2 rings (SSSR count). The first kappa shape index (κ1) is 10.9. The first-order chi connectivity index (χ1) is 7.66. The third kappa shape index (κ3) is 2.30. The highest BCUT2D eigenvalue weighted by molar-refractivity contribution is 5.83. The monoisotopic (exact) mass is 212 g/mol. The molecule has 2 aromatic rings. The Bertz CT molecular complexity index is 514. The van der Waals surface area contributed by atoms with Crippen molar-refractivity contribution in [3.05, 3.63) is 48.0 Å². The van der Waals surface area contributed by atoms with Crippen molar-refractivity contribution in [1.82, 2.24) is 0 Å². The molecular weight excluding hydrogens is 196 g/mol. The Labute approximate surface area is 96.1 Å². The maximum Gasteiger partial charge on any atom is 0.132 e. The molecule has 0 fully saturated rings. The zero-order chi connectivity index (χ0) is 11.5. The molecule has 0 aliphatic rings. The van der Waals surface area contributed by atoms with Gasteiger partial charge in [0.15, 0.2) is 0 Å². The molecule has 1 nitrogen and oxygen atoms in total. The fourth-order valence-electron chi connectivity index (χ4n) is 1.86. The van der Waals surface area contributed by atoms with Crippen molar-refractivity contribution in [3.63, 3.8) is 0 Å². The van der Waals surface area contributed by atoms with Crippen LogP contribution in [0.5, 0.6) is 0 Å². The molecule has 0 radical (unpaired) electrons. The molecule has 82 valence electrons. The molecule has 0 aromatic heterocycles. The van der Waals surface area contributed by atoms with Crippen LogP contribution in [0.2, 0.25) is 0 Å². The van der Waals surface area contributed by atoms with Gasteiger partial charge >= 0.3 is 0 Å². The summed E-state index contributed by atoms with van der Waals surface area (Å²) in [6.07, 6.45) is 0.833. The van der Waals surface area contributed by atoms with Crippen LogP contribution in [0.3, 0.4) is 0 Å². The minimum absolute atomic E-state index is 0.112. The topological polar surface area (TPSA) is 17.1 Å². The molecule has 0 spiro atoms. The van der Waals surface area contributed by atoms with Crippen molar-refractivity contribution in [2.75, 3.05) is 0 Å². The number of hydrogen-bond donors (Lipinski definition) is 0. The van der Waals surface area contributed by atoms with E-state index in [0.717, 1.165) is 6.42 Å². The zero-order valence-corrected chi connectivity index (χ0v) is 9.73. The molecule has 0 aliphatic carbocycles. The van der Waals surface area contributed by atoms with Gasteiger partial charge < -0.3 is 0 Å². The number of fused-ring (bicyclic) bond motifs is 1. The van der Waals surface area contributed by atoms with Crippen LogP contribution in [0.15, 0.2) is 42.5 Å². The molecule has 0 heterocycles. The molecule has 0 bridgehead atoms. The van der Waals surface area contributed by atoms with E-state index >= 15 is 0 Å². The lowest BCUT2D eigenvalue weighted by Gasteiger charge is -2.08. The van der Waals surface area contributed by atoms with Gasteiger partial charge in [0.25, 0.3) is 0 Å². The molecule has 1 heteroatoms. The molecule has 0 aliphatic heterocycles. The number of Topliss-reactive ketones (excluding diaryl/α,β-unsaturated/α-hetero) is 1. The fraction of sp³-hybridized carbons (Fsp3) is 0.267. The van der Waals surface area contributed by atoms with Crippen LogP contribution in [-0.4, -0.2) is 5.78 Å². The van der Waals surface area contributed by atoms with Crippen molar-refractivity contribution >= 4 is 16.6 Å². The van der Waals surface area contributed by atoms with Gasteiger partial charge in [-0.05, 0) is 29.7 Å². The Morgan fingerprint density at radius 3 is 2.50 bits per heavy atom. The third-order valence-electron chi connectivity index (χ3n) is 3.05. The molecule has 0 saturated heterocycles. The Morgan fingerprint density at radius 1 is 1.12 bits per heavy atom. The van der Waals surface area contributed by atoms with Crippen molar-refractivity contribution in [3.8, 4) is 0 Å². The third-order valence-corrected chi connectivity index (χ3v) is 3.05. The molecule has 0 saturated carbocycles. The minimum atomic E-state index is 0.112. The normalized spacial score (nSPS) is 12.6. The van der Waals surface area contributed by atoms with E-state index in [4.69, 9.17) is 0 Å². The van der Waals surface area contributed by atoms with Crippen molar-refractivity contribution in [1.29, 1.82) is 0 Å². The highest BCUT2D eigenvalue weighted by Gasteiger charge is 2.08. The highest BCUT2D eigenvalue weighted by atomic mass is 16.1. The van der Waals surface area contributed by atoms with E-state index in [1.165, 1.54) is 16.3 Å². The van der Waals surface area contributed by atoms with Crippen LogP contribution >= 0.6 is 0 Å². The van der Waals surface area contributed by atoms with Crippen LogP contribution < -0.4 is 0 Å². The summed E-state index contributed by atoms with van der Waals surface area (Å²) in [5.41, 5.74) is 1.24. The number of benzene rings is 2. The Morgan fingerprint density at radius 2 is 1.81 bits per heavy atom. The number of carbonyl (C=O) groups is 1. The number of hydrogen-bond acceptors (Lipinski definition) is 1. The summed E-state index contributed by atoms with van der Waals surface area (Å²) in [5, 5.41) is 2.50. The second-order valence-corrected chi connectivity index (χ2v) is 4.40. The SMILES string of the molecule is CC(=O)[C@H](C)Cc1ccc2ccccc2c1. The largest absolute Gasteiger partial charge is 0.300 e. The van der Waals surface area contributed by atoms with E-state index in [2.05, 4.69) is 30.3 Å². The van der Waals surface area contributed by atoms with Gasteiger partial charge in [-0.2, -0.15) is 0 Å². The van der Waals surface area contributed by atoms with E-state index in [1.807, 2.05) is 19.1 Å². The minimum Gasteiger partial charge on any atom is -0.300 e. The Kier molecular flexibility index (Phi) is 3.04. The molecule has 2 aromatic carbocycles. The number of carbonyl (C=O) groups excluding carboxylic acids is 1. The van der Waals surface area contributed by atoms with Gasteiger partial charge in [-0.1, -0.05) is 49.4 Å². The maximum absolute atomic E-state index is 11.2. The number of rotatable bonds is 3. The van der Waals surface area contributed by atoms with Crippen LogP contribution in [-0.2, 0) is 11.2 Å². The summed E-state index contributed by atoms with van der Waals surface area (Å²) in [6, 6.07) is 14.7. The average molecular weight is 212 g/mol. The predicted octanol–water partition coefficient (Wildman–Crippen LogP) is 3.61. The molecule has 1 atom stereocenters. The van der Waals surface area contributed by atoms with Crippen LogP contribution in [0, 0.1) is 5.92 Å². The molecular formula is C15H16O. The van der Waals surface area contributed by atoms with E-state index in [0.29, 0.717) is 0 Å². The second-order valence-electron chi connectivity index (χ2n) is 4.40. The van der Waals surface area contributed by atoms with Crippen molar-refractivity contribution in [2.45, 2.75) is 20.3 Å². The first-order valence-electron chi connectivity index (χ1n) is 5.65. The number of ketones is 1. The van der Waals surface area contributed by atoms with Crippen LogP contribution in [0.4, 0.5) is 0 Å². The average Bonchev–Trinajstić information content (AvgIpc) is 2.28. The summed E-state index contributed by atoms with van der Waals surface area (Å²) >= 11 is 0. The van der Waals surface area contributed by atoms with Crippen LogP contribution in [0.25, 0.3) is 10.8 Å². The van der Waals surface area contributed by atoms with E-state index in [-0.39, 0.29) is 11.7 Å². The van der Waals surface area contributed by atoms with Gasteiger partial charge in [-0.25, -0.2) is 0 Å². The van der Waals surface area contributed by atoms with Crippen LogP contribution in [0.1, 0.15) is 19.4 Å². The molecule has 0 N–H and O–H groups in total. The second kappa shape index (κ2) is 4.48. The van der Waals surface area contributed by atoms with Crippen molar-refractivity contribution in [2.24, 2.45) is 5.92 Å². The summed E-state index contributed by atoms with van der Waals surface area (Å²) in [5.74, 6) is 0.370. The summed E-state index contributed by atoms with van der Waals surface area (Å²) in [7, 11) is 0. The van der Waals surface area contributed by atoms with Gasteiger partial charge in [-0.15, -0.1) is 0 Å². The predicted molar refractivity (Wildman–Crippen MR) is 67.5 cm³/mol. The molecule has 0 amide bonds. The maximum atomic E-state index is 11.2. The Hall–Kier alpha value is -1.63. The highest BCUT2D eigenvalue weighted by Crippen LogP contribution is 2.18. The first-order valence-corrected chi connectivity index (χ1v) is 5.65. The molecule has 0 unspecified atom stereocenters. The lowest BCUT2D eigenvalue weighted by Crippen LogP contribution is -2.09. The van der Waals surface area contributed by atoms with Gasteiger partial charge in [0.1, 0.15) is 5.78 Å². The van der Waals surface area contributed by atoms with E-state index in [9.17, 15) is 4.79 Å². The lowest BCUT2D eigenvalue weighted by atomic mass is 9.96. The van der Waals surface area contributed by atoms with Gasteiger partial charge in [0.2, 0.25) is 0 Å². The van der Waals surface area contributed by atoms with Crippen molar-refractivity contribution < 1.29 is 4.79 Å². The summed E-state index contributed by atoms with van der Waals surface area (Å²) < 4.78 is 0. The lowest BCUT2D eigenvalue weighted by molar-refractivity contribution is -0.120. The fourth-order valence-corrected chi connectivity index (χ4v) is 1.86.